The van der Waals surface area contributed by atoms with Crippen molar-refractivity contribution in [2.75, 3.05) is 18.5 Å². The Morgan fingerprint density at radius 1 is 0.857 bits per heavy atom. The molecule has 0 fully saturated rings. The molecule has 0 aliphatic rings. The number of hydrogen-bond donors (Lipinski definition) is 2. The molecule has 6 nitrogen and oxygen atoms in total. The maximum absolute atomic E-state index is 12.7. The summed E-state index contributed by atoms with van der Waals surface area (Å²) in [5.74, 6) is 0.800. The van der Waals surface area contributed by atoms with E-state index in [-0.39, 0.29) is 17.7 Å². The van der Waals surface area contributed by atoms with Gasteiger partial charge in [-0.25, -0.2) is 0 Å². The van der Waals surface area contributed by atoms with Gasteiger partial charge in [-0.05, 0) is 68.3 Å². The number of rotatable bonds is 9. The van der Waals surface area contributed by atoms with Crippen molar-refractivity contribution in [3.8, 4) is 11.5 Å². The van der Waals surface area contributed by atoms with Crippen molar-refractivity contribution in [1.29, 1.82) is 0 Å². The van der Waals surface area contributed by atoms with E-state index < -0.39 is 6.04 Å². The van der Waals surface area contributed by atoms with Crippen LogP contribution in [0.3, 0.4) is 0 Å². The molecule has 150 valence electrons. The minimum Gasteiger partial charge on any atom is -0.494 e. The fourth-order valence-electron chi connectivity index (χ4n) is 2.65. The third-order valence-electron chi connectivity index (χ3n) is 4.10. The van der Waals surface area contributed by atoms with E-state index in [0.717, 1.165) is 5.75 Å². The molecule has 2 N–H and O–H groups in total. The predicted molar refractivity (Wildman–Crippen MR) is 110 cm³/mol. The molecular weight excluding hydrogens is 356 g/mol. The predicted octanol–water partition coefficient (Wildman–Crippen LogP) is 3.88. The lowest BCUT2D eigenvalue weighted by atomic mass is 10.0. The standard InChI is InChI=1S/C22H28N2O4/c1-5-27-18-11-7-16(8-12-18)21(25)24-20(15(3)4)22(26)23-17-9-13-19(14-10-17)28-6-2/h7-15,20H,5-6H2,1-4H3,(H,23,26)(H,24,25)/t20-/m0/s1. The van der Waals surface area contributed by atoms with Crippen molar-refractivity contribution in [3.05, 3.63) is 54.1 Å². The quantitative estimate of drug-likeness (QED) is 0.688. The summed E-state index contributed by atoms with van der Waals surface area (Å²) in [6.45, 7) is 8.74. The third kappa shape index (κ3) is 6.01. The van der Waals surface area contributed by atoms with E-state index in [4.69, 9.17) is 9.47 Å². The molecule has 0 aliphatic heterocycles. The molecule has 0 aromatic heterocycles. The molecule has 2 rings (SSSR count). The first kappa shape index (κ1) is 21.3. The molecule has 0 saturated heterocycles. The van der Waals surface area contributed by atoms with Crippen LogP contribution in [0.15, 0.2) is 48.5 Å². The molecule has 6 heteroatoms. The van der Waals surface area contributed by atoms with Crippen LogP contribution in [0.1, 0.15) is 38.1 Å². The van der Waals surface area contributed by atoms with Crippen LogP contribution >= 0.6 is 0 Å². The van der Waals surface area contributed by atoms with Crippen molar-refractivity contribution >= 4 is 17.5 Å². The van der Waals surface area contributed by atoms with E-state index in [1.54, 1.807) is 48.5 Å². The van der Waals surface area contributed by atoms with Gasteiger partial charge in [0, 0.05) is 11.3 Å². The average Bonchev–Trinajstić information content (AvgIpc) is 2.68. The first-order valence-corrected chi connectivity index (χ1v) is 9.52. The Labute approximate surface area is 166 Å². The summed E-state index contributed by atoms with van der Waals surface area (Å²) in [4.78, 5) is 25.2. The van der Waals surface area contributed by atoms with Gasteiger partial charge in [0.05, 0.1) is 13.2 Å². The normalized spacial score (nSPS) is 11.6. The lowest BCUT2D eigenvalue weighted by Gasteiger charge is -2.22. The largest absolute Gasteiger partial charge is 0.494 e. The highest BCUT2D eigenvalue weighted by atomic mass is 16.5. The van der Waals surface area contributed by atoms with E-state index in [1.165, 1.54) is 0 Å². The number of benzene rings is 2. The molecule has 0 saturated carbocycles. The van der Waals surface area contributed by atoms with Crippen molar-refractivity contribution in [1.82, 2.24) is 5.32 Å². The maximum Gasteiger partial charge on any atom is 0.251 e. The Morgan fingerprint density at radius 3 is 1.82 bits per heavy atom. The lowest BCUT2D eigenvalue weighted by molar-refractivity contribution is -0.118. The molecule has 0 bridgehead atoms. The second-order valence-electron chi connectivity index (χ2n) is 6.60. The van der Waals surface area contributed by atoms with Crippen LogP contribution in [-0.4, -0.2) is 31.1 Å². The zero-order chi connectivity index (χ0) is 20.5. The fraction of sp³-hybridized carbons (Fsp3) is 0.364. The fourth-order valence-corrected chi connectivity index (χ4v) is 2.65. The minimum atomic E-state index is -0.661. The van der Waals surface area contributed by atoms with Crippen LogP contribution in [0.25, 0.3) is 0 Å². The summed E-state index contributed by atoms with van der Waals surface area (Å²) in [6, 6.07) is 13.3. The second kappa shape index (κ2) is 10.3. The van der Waals surface area contributed by atoms with Gasteiger partial charge >= 0.3 is 0 Å². The summed E-state index contributed by atoms with van der Waals surface area (Å²) in [7, 11) is 0. The SMILES string of the molecule is CCOc1ccc(NC(=O)[C@@H](NC(=O)c2ccc(OCC)cc2)C(C)C)cc1. The van der Waals surface area contributed by atoms with Crippen molar-refractivity contribution in [2.45, 2.75) is 33.7 Å². The van der Waals surface area contributed by atoms with Gasteiger partial charge in [-0.1, -0.05) is 13.8 Å². The number of ether oxygens (including phenoxy) is 2. The summed E-state index contributed by atoms with van der Waals surface area (Å²) >= 11 is 0. The van der Waals surface area contributed by atoms with Gasteiger partial charge in [0.15, 0.2) is 0 Å². The molecule has 0 heterocycles. The molecule has 2 amide bonds. The Morgan fingerprint density at radius 2 is 1.36 bits per heavy atom. The molecule has 28 heavy (non-hydrogen) atoms. The van der Waals surface area contributed by atoms with Crippen LogP contribution in [0, 0.1) is 5.92 Å². The zero-order valence-corrected chi connectivity index (χ0v) is 16.8. The van der Waals surface area contributed by atoms with Crippen LogP contribution in [-0.2, 0) is 4.79 Å². The molecular formula is C22H28N2O4. The Hall–Kier alpha value is -3.02. The van der Waals surface area contributed by atoms with Gasteiger partial charge in [-0.3, -0.25) is 9.59 Å². The topological polar surface area (TPSA) is 76.7 Å². The smallest absolute Gasteiger partial charge is 0.251 e. The van der Waals surface area contributed by atoms with Crippen molar-refractivity contribution < 1.29 is 19.1 Å². The number of carbonyl (C=O) groups excluding carboxylic acids is 2. The zero-order valence-electron chi connectivity index (χ0n) is 16.8. The molecule has 0 radical (unpaired) electrons. The minimum absolute atomic E-state index is 0.0747. The number of hydrogen-bond acceptors (Lipinski definition) is 4. The monoisotopic (exact) mass is 384 g/mol. The van der Waals surface area contributed by atoms with Crippen LogP contribution < -0.4 is 20.1 Å². The summed E-state index contributed by atoms with van der Waals surface area (Å²) in [6.07, 6.45) is 0. The summed E-state index contributed by atoms with van der Waals surface area (Å²) < 4.78 is 10.8. The highest BCUT2D eigenvalue weighted by Gasteiger charge is 2.24. The summed E-state index contributed by atoms with van der Waals surface area (Å²) in [5, 5.41) is 5.67. The molecule has 0 unspecified atom stereocenters. The molecule has 0 aliphatic carbocycles. The van der Waals surface area contributed by atoms with E-state index >= 15 is 0 Å². The maximum atomic E-state index is 12.7. The van der Waals surface area contributed by atoms with Crippen molar-refractivity contribution in [3.63, 3.8) is 0 Å². The Balaban J connectivity index is 2.02. The number of carbonyl (C=O) groups is 2. The average molecular weight is 384 g/mol. The van der Waals surface area contributed by atoms with Gasteiger partial charge < -0.3 is 20.1 Å². The number of nitrogens with one attached hydrogen (secondary N) is 2. The Bertz CT molecular complexity index is 770. The highest BCUT2D eigenvalue weighted by molar-refractivity contribution is 6.01. The highest BCUT2D eigenvalue weighted by Crippen LogP contribution is 2.17. The van der Waals surface area contributed by atoms with Crippen molar-refractivity contribution in [2.24, 2.45) is 5.92 Å². The van der Waals surface area contributed by atoms with Gasteiger partial charge in [0.2, 0.25) is 5.91 Å². The van der Waals surface area contributed by atoms with Gasteiger partial charge in [0.1, 0.15) is 17.5 Å². The molecule has 2 aromatic rings. The van der Waals surface area contributed by atoms with E-state index in [9.17, 15) is 9.59 Å². The van der Waals surface area contributed by atoms with Crippen LogP contribution in [0.4, 0.5) is 5.69 Å². The first-order chi connectivity index (χ1) is 13.4. The third-order valence-corrected chi connectivity index (χ3v) is 4.10. The second-order valence-corrected chi connectivity index (χ2v) is 6.60. The van der Waals surface area contributed by atoms with Crippen LogP contribution in [0.2, 0.25) is 0 Å². The number of amides is 2. The first-order valence-electron chi connectivity index (χ1n) is 9.52. The lowest BCUT2D eigenvalue weighted by Crippen LogP contribution is -2.47. The van der Waals surface area contributed by atoms with Crippen LogP contribution in [0.5, 0.6) is 11.5 Å². The molecule has 0 spiro atoms. The van der Waals surface area contributed by atoms with Gasteiger partial charge in [0.25, 0.3) is 5.91 Å². The van der Waals surface area contributed by atoms with E-state index in [1.807, 2.05) is 27.7 Å². The van der Waals surface area contributed by atoms with E-state index in [2.05, 4.69) is 10.6 Å². The van der Waals surface area contributed by atoms with Gasteiger partial charge in [-0.2, -0.15) is 0 Å². The number of anilines is 1. The van der Waals surface area contributed by atoms with E-state index in [0.29, 0.717) is 30.2 Å². The molecule has 2 aromatic carbocycles. The summed E-state index contributed by atoms with van der Waals surface area (Å²) in [5.41, 5.74) is 1.12. The van der Waals surface area contributed by atoms with Gasteiger partial charge in [-0.15, -0.1) is 0 Å². The molecule has 1 atom stereocenters. The Kier molecular flexibility index (Phi) is 7.87.